The summed E-state index contributed by atoms with van der Waals surface area (Å²) in [6.07, 6.45) is 3.72. The van der Waals surface area contributed by atoms with Gasteiger partial charge in [-0.15, -0.1) is 6.58 Å². The average Bonchev–Trinajstić information content (AvgIpc) is 3.81. The van der Waals surface area contributed by atoms with Crippen molar-refractivity contribution in [1.29, 1.82) is 0 Å². The average molecular weight is 869 g/mol. The molecule has 1 unspecified atom stereocenters. The highest BCUT2D eigenvalue weighted by molar-refractivity contribution is 7.81. The largest absolute Gasteiger partial charge is 0.755 e. The van der Waals surface area contributed by atoms with E-state index in [1.807, 2.05) is 74.2 Å². The molecule has 0 bridgehead atoms. The van der Waals surface area contributed by atoms with Gasteiger partial charge in [-0.25, -0.2) is 9.29 Å². The number of halogens is 1. The Morgan fingerprint density at radius 1 is 1.05 bits per heavy atom. The monoisotopic (exact) mass is 868 g/mol. The summed E-state index contributed by atoms with van der Waals surface area (Å²) in [4.78, 5) is 66.0. The topological polar surface area (TPSA) is 162 Å². The zero-order chi connectivity index (χ0) is 43.6. The predicted octanol–water partition coefficient (Wildman–Crippen LogP) is 6.87. The second kappa shape index (κ2) is 18.0. The van der Waals surface area contributed by atoms with Gasteiger partial charge in [0, 0.05) is 60.0 Å². The molecule has 61 heavy (non-hydrogen) atoms. The number of carbonyl (C=O) groups is 4. The normalized spacial score (nSPS) is 22.2. The van der Waals surface area contributed by atoms with Gasteiger partial charge < -0.3 is 29.1 Å². The van der Waals surface area contributed by atoms with E-state index in [0.717, 1.165) is 24.8 Å². The number of benzene rings is 3. The number of piperidine rings is 1. The number of aromatic nitrogens is 1. The Labute approximate surface area is 363 Å². The van der Waals surface area contributed by atoms with E-state index >= 15 is 4.79 Å². The van der Waals surface area contributed by atoms with Crippen LogP contribution >= 0.6 is 11.6 Å². The van der Waals surface area contributed by atoms with Crippen molar-refractivity contribution in [3.05, 3.63) is 96.5 Å². The number of pyridine rings is 1. The molecule has 2 saturated heterocycles. The van der Waals surface area contributed by atoms with Crippen LogP contribution in [0.15, 0.2) is 91.5 Å². The molecule has 3 aromatic carbocycles. The molecule has 6 atom stereocenters. The molecule has 13 nitrogen and oxygen atoms in total. The third-order valence-electron chi connectivity index (χ3n) is 12.0. The van der Waals surface area contributed by atoms with Gasteiger partial charge in [-0.05, 0) is 67.5 Å². The van der Waals surface area contributed by atoms with E-state index in [4.69, 9.17) is 26.1 Å². The Morgan fingerprint density at radius 2 is 1.75 bits per heavy atom. The minimum Gasteiger partial charge on any atom is -0.755 e. The fourth-order valence-corrected chi connectivity index (χ4v) is 9.19. The number of nitrogens with one attached hydrogen (secondary N) is 1. The number of hydrogen-bond donors (Lipinski definition) is 1. The van der Waals surface area contributed by atoms with E-state index in [9.17, 15) is 23.1 Å². The molecule has 3 aliphatic rings. The number of likely N-dealkylation sites (tertiary alicyclic amines) is 2. The molecule has 322 valence electrons. The minimum atomic E-state index is -3.06. The summed E-state index contributed by atoms with van der Waals surface area (Å²) >= 11 is 3.01. The molecule has 3 fully saturated rings. The van der Waals surface area contributed by atoms with Crippen LogP contribution in [0.4, 0.5) is 5.69 Å². The molecule has 4 aromatic rings. The van der Waals surface area contributed by atoms with E-state index in [-0.39, 0.29) is 37.4 Å². The SMILES string of the molecule is C=C[C@@H]1C[C@]1(NC(=O)[C@@H]1C[C@@H](Oc2cc(-c3ccccc3)nc3cc(OC)ccc23)CN1C(=O)[C@@H](CC(=O)N1CCCCC1)C(C)(C)C)C(=O)N(c1ccc(Cl)cc1)S(=O)[O-]. The molecular weight excluding hydrogens is 818 g/mol. The van der Waals surface area contributed by atoms with E-state index < -0.39 is 63.9 Å². The number of methoxy groups -OCH3 is 1. The number of ether oxygens (including phenoxy) is 2. The van der Waals surface area contributed by atoms with Crippen LogP contribution in [0.25, 0.3) is 22.2 Å². The lowest BCUT2D eigenvalue weighted by atomic mass is 9.77. The van der Waals surface area contributed by atoms with Crippen LogP contribution in [0, 0.1) is 17.3 Å². The molecule has 4 amide bonds. The number of nitrogens with zero attached hydrogens (tertiary/aromatic N) is 4. The molecular formula is C46H51ClN5O8S-. The third kappa shape index (κ3) is 9.31. The molecule has 1 saturated carbocycles. The summed E-state index contributed by atoms with van der Waals surface area (Å²) in [5.74, 6) is -2.34. The van der Waals surface area contributed by atoms with Gasteiger partial charge in [-0.1, -0.05) is 68.8 Å². The molecule has 3 heterocycles. The van der Waals surface area contributed by atoms with Crippen LogP contribution in [0.5, 0.6) is 11.5 Å². The van der Waals surface area contributed by atoms with Crippen LogP contribution < -0.4 is 19.1 Å². The zero-order valence-corrected chi connectivity index (χ0v) is 36.4. The highest BCUT2D eigenvalue weighted by Gasteiger charge is 2.62. The number of rotatable bonds is 13. The summed E-state index contributed by atoms with van der Waals surface area (Å²) in [6, 6.07) is 21.5. The maximum Gasteiger partial charge on any atom is 0.264 e. The first-order valence-corrected chi connectivity index (χ1v) is 22.0. The van der Waals surface area contributed by atoms with Crippen molar-refractivity contribution < 1.29 is 37.4 Å². The Morgan fingerprint density at radius 3 is 2.38 bits per heavy atom. The summed E-state index contributed by atoms with van der Waals surface area (Å²) in [5, 5.41) is 3.92. The fraction of sp³-hybridized carbons (Fsp3) is 0.413. The lowest BCUT2D eigenvalue weighted by Crippen LogP contribution is -2.57. The number of fused-ring (bicyclic) bond motifs is 1. The Hall–Kier alpha value is -5.31. The number of anilines is 1. The van der Waals surface area contributed by atoms with Crippen molar-refractivity contribution in [2.75, 3.05) is 31.0 Å². The first-order valence-electron chi connectivity index (χ1n) is 20.6. The van der Waals surface area contributed by atoms with Crippen LogP contribution in [-0.4, -0.2) is 91.6 Å². The van der Waals surface area contributed by atoms with Crippen LogP contribution in [0.1, 0.15) is 59.3 Å². The van der Waals surface area contributed by atoms with Crippen molar-refractivity contribution >= 4 is 63.1 Å². The Balaban J connectivity index is 1.24. The highest BCUT2D eigenvalue weighted by atomic mass is 35.5. The second-order valence-corrected chi connectivity index (χ2v) is 18.3. The van der Waals surface area contributed by atoms with Gasteiger partial charge >= 0.3 is 0 Å². The smallest absolute Gasteiger partial charge is 0.264 e. The first-order chi connectivity index (χ1) is 29.1. The van der Waals surface area contributed by atoms with Gasteiger partial charge in [0.2, 0.25) is 17.7 Å². The molecule has 15 heteroatoms. The number of carbonyl (C=O) groups excluding carboxylic acids is 4. The molecule has 1 aromatic heterocycles. The standard InChI is InChI=1S/C46H52ClN5O8S/c1-6-30-27-46(30,44(56)52(61(57)58)32-17-15-31(47)16-18-32)49-42(54)39-24-34(28-51(39)43(55)36(45(2,3)4)25-41(53)50-21-11-8-12-22-50)60-40-26-37(29-13-9-7-10-14-29)48-38-23-33(59-5)19-20-35(38)40/h6-7,9-10,13-20,23,26,30,34,36,39H,1,8,11-12,21-22,24-25,27-28H2,2-5H3,(H,49,54)(H,57,58)/p-1/t30-,34-,36-,39+,46-/m1/s1. The summed E-state index contributed by atoms with van der Waals surface area (Å²) < 4.78 is 38.2. The van der Waals surface area contributed by atoms with Gasteiger partial charge in [-0.2, -0.15) is 0 Å². The van der Waals surface area contributed by atoms with Crippen LogP contribution in [0.2, 0.25) is 5.02 Å². The third-order valence-corrected chi connectivity index (χ3v) is 13.0. The fourth-order valence-electron chi connectivity index (χ4n) is 8.47. The maximum absolute atomic E-state index is 15.0. The number of hydrogen-bond acceptors (Lipinski definition) is 9. The number of amides is 4. The van der Waals surface area contributed by atoms with Crippen molar-refractivity contribution in [1.82, 2.24) is 20.1 Å². The van der Waals surface area contributed by atoms with E-state index in [1.54, 1.807) is 13.2 Å². The highest BCUT2D eigenvalue weighted by Crippen LogP contribution is 2.47. The molecule has 0 radical (unpaired) electrons. The maximum atomic E-state index is 15.0. The summed E-state index contributed by atoms with van der Waals surface area (Å²) in [6.45, 7) is 10.8. The molecule has 0 spiro atoms. The summed E-state index contributed by atoms with van der Waals surface area (Å²) in [7, 11) is 1.58. The lowest BCUT2D eigenvalue weighted by molar-refractivity contribution is -0.148. The molecule has 1 N–H and O–H groups in total. The first kappa shape index (κ1) is 43.8. The van der Waals surface area contributed by atoms with Gasteiger partial charge in [0.25, 0.3) is 5.91 Å². The quantitative estimate of drug-likeness (QED) is 0.112. The molecule has 2 aliphatic heterocycles. The van der Waals surface area contributed by atoms with Gasteiger partial charge in [0.05, 0.1) is 47.7 Å². The van der Waals surface area contributed by atoms with Crippen molar-refractivity contribution in [2.45, 2.75) is 77.0 Å². The predicted molar refractivity (Wildman–Crippen MR) is 233 cm³/mol. The van der Waals surface area contributed by atoms with Gasteiger partial charge in [0.15, 0.2) is 0 Å². The van der Waals surface area contributed by atoms with Gasteiger partial charge in [-0.3, -0.25) is 23.4 Å². The van der Waals surface area contributed by atoms with Crippen molar-refractivity contribution in [2.24, 2.45) is 17.3 Å². The van der Waals surface area contributed by atoms with Gasteiger partial charge in [0.1, 0.15) is 29.2 Å². The van der Waals surface area contributed by atoms with Crippen molar-refractivity contribution in [3.63, 3.8) is 0 Å². The van der Waals surface area contributed by atoms with E-state index in [2.05, 4.69) is 11.9 Å². The lowest BCUT2D eigenvalue weighted by Gasteiger charge is -2.37. The second-order valence-electron chi connectivity index (χ2n) is 17.1. The van der Waals surface area contributed by atoms with Crippen molar-refractivity contribution in [3.8, 4) is 22.8 Å². The Kier molecular flexibility index (Phi) is 12.9. The van der Waals surface area contributed by atoms with E-state index in [0.29, 0.717) is 50.5 Å². The van der Waals surface area contributed by atoms with Crippen LogP contribution in [0.3, 0.4) is 0 Å². The van der Waals surface area contributed by atoms with Crippen LogP contribution in [-0.2, 0) is 30.4 Å². The minimum absolute atomic E-state index is 0.00461. The molecule has 7 rings (SSSR count). The molecule has 1 aliphatic carbocycles. The Bertz CT molecular complexity index is 2330. The summed E-state index contributed by atoms with van der Waals surface area (Å²) in [5.41, 5.74) is -0.179. The van der Waals surface area contributed by atoms with E-state index in [1.165, 1.54) is 35.2 Å². The zero-order valence-electron chi connectivity index (χ0n) is 34.8.